The van der Waals surface area contributed by atoms with E-state index in [2.05, 4.69) is 75.9 Å². The van der Waals surface area contributed by atoms with Crippen LogP contribution in [0.3, 0.4) is 0 Å². The minimum atomic E-state index is 0.392. The molecule has 6 aromatic carbocycles. The van der Waals surface area contributed by atoms with Crippen LogP contribution in [0.5, 0.6) is 0 Å². The Morgan fingerprint density at radius 3 is 1.39 bits per heavy atom. The SMILES string of the molecule is N#Cc1cc(C#N)c(-n2c3ccccc3c3ccccc32)c(-c2ccc(C#N)c(-n3c4ccccc4c4ccccc43)c2)c1. The Balaban J connectivity index is 1.50. The van der Waals surface area contributed by atoms with Crippen molar-refractivity contribution in [3.8, 4) is 40.7 Å². The van der Waals surface area contributed by atoms with Crippen molar-refractivity contribution in [3.05, 3.63) is 144 Å². The summed E-state index contributed by atoms with van der Waals surface area (Å²) in [6, 6.07) is 49.0. The Morgan fingerprint density at radius 2 is 0.909 bits per heavy atom. The fourth-order valence-electron chi connectivity index (χ4n) is 6.57. The van der Waals surface area contributed by atoms with E-state index in [1.165, 1.54) is 0 Å². The normalized spacial score (nSPS) is 11.1. The first kappa shape index (κ1) is 25.1. The van der Waals surface area contributed by atoms with Crippen LogP contribution in [0, 0.1) is 34.0 Å². The summed E-state index contributed by atoms with van der Waals surface area (Å²) in [7, 11) is 0. The fourth-order valence-corrected chi connectivity index (χ4v) is 6.57. The fraction of sp³-hybridized carbons (Fsp3) is 0. The van der Waals surface area contributed by atoms with E-state index >= 15 is 0 Å². The predicted octanol–water partition coefficient (Wildman–Crippen LogP) is 9.16. The van der Waals surface area contributed by atoms with Crippen LogP contribution in [0.4, 0.5) is 0 Å². The molecule has 0 saturated heterocycles. The summed E-state index contributed by atoms with van der Waals surface area (Å²) in [5.74, 6) is 0. The smallest absolute Gasteiger partial charge is 0.101 e. The lowest BCUT2D eigenvalue weighted by atomic mass is 9.95. The second-order valence-corrected chi connectivity index (χ2v) is 10.7. The summed E-state index contributed by atoms with van der Waals surface area (Å²) in [6.45, 7) is 0. The number of hydrogen-bond donors (Lipinski definition) is 0. The highest BCUT2D eigenvalue weighted by molar-refractivity contribution is 6.11. The van der Waals surface area contributed by atoms with Gasteiger partial charge in [-0.15, -0.1) is 0 Å². The van der Waals surface area contributed by atoms with Crippen LogP contribution in [0.1, 0.15) is 16.7 Å². The van der Waals surface area contributed by atoms with Crippen LogP contribution in [0.2, 0.25) is 0 Å². The number of nitriles is 3. The third-order valence-electron chi connectivity index (χ3n) is 8.41. The van der Waals surface area contributed by atoms with Gasteiger partial charge in [0.25, 0.3) is 0 Å². The maximum atomic E-state index is 10.5. The average Bonchev–Trinajstić information content (AvgIpc) is 3.60. The molecule has 5 heteroatoms. The van der Waals surface area contributed by atoms with Crippen molar-refractivity contribution >= 4 is 43.6 Å². The van der Waals surface area contributed by atoms with E-state index in [0.717, 1.165) is 60.4 Å². The zero-order valence-electron chi connectivity index (χ0n) is 23.4. The van der Waals surface area contributed by atoms with Gasteiger partial charge in [0.1, 0.15) is 12.1 Å². The molecule has 0 saturated carbocycles. The monoisotopic (exact) mass is 559 g/mol. The maximum absolute atomic E-state index is 10.5. The van der Waals surface area contributed by atoms with Gasteiger partial charge in [-0.1, -0.05) is 78.9 Å². The molecule has 0 unspecified atom stereocenters. The van der Waals surface area contributed by atoms with Crippen LogP contribution in [-0.2, 0) is 0 Å². The predicted molar refractivity (Wildman–Crippen MR) is 175 cm³/mol. The van der Waals surface area contributed by atoms with E-state index in [0.29, 0.717) is 22.4 Å². The largest absolute Gasteiger partial charge is 0.308 e. The molecule has 0 radical (unpaired) electrons. The van der Waals surface area contributed by atoms with Crippen LogP contribution in [-0.4, -0.2) is 9.13 Å². The quantitative estimate of drug-likeness (QED) is 0.216. The molecular weight excluding hydrogens is 538 g/mol. The molecule has 0 atom stereocenters. The Bertz CT molecular complexity index is 2490. The van der Waals surface area contributed by atoms with Crippen molar-refractivity contribution in [1.82, 2.24) is 9.13 Å². The van der Waals surface area contributed by atoms with E-state index in [1.807, 2.05) is 72.8 Å². The molecule has 0 spiro atoms. The van der Waals surface area contributed by atoms with Crippen molar-refractivity contribution in [1.29, 1.82) is 15.8 Å². The lowest BCUT2D eigenvalue weighted by molar-refractivity contribution is 1.16. The third-order valence-corrected chi connectivity index (χ3v) is 8.41. The zero-order chi connectivity index (χ0) is 29.8. The molecule has 0 aliphatic heterocycles. The molecule has 0 amide bonds. The van der Waals surface area contributed by atoms with Gasteiger partial charge in [0.2, 0.25) is 0 Å². The van der Waals surface area contributed by atoms with Gasteiger partial charge in [-0.05, 0) is 54.1 Å². The van der Waals surface area contributed by atoms with Gasteiger partial charge in [0.15, 0.2) is 0 Å². The number of para-hydroxylation sites is 4. The Morgan fingerprint density at radius 1 is 0.432 bits per heavy atom. The minimum absolute atomic E-state index is 0.392. The lowest BCUT2D eigenvalue weighted by Crippen LogP contribution is -2.03. The summed E-state index contributed by atoms with van der Waals surface area (Å²) in [5.41, 5.74) is 8.19. The standard InChI is InChI=1S/C39H21N5/c40-22-25-19-28(24-42)39(44-36-15-7-3-11-31(36)32-12-4-8-16-37(32)44)33(20-25)26-17-18-27(23-41)38(21-26)43-34-13-5-1-9-29(34)30-10-2-6-14-35(30)43/h1-21H. The molecule has 0 N–H and O–H groups in total. The van der Waals surface area contributed by atoms with Crippen molar-refractivity contribution < 1.29 is 0 Å². The van der Waals surface area contributed by atoms with Crippen LogP contribution < -0.4 is 0 Å². The molecule has 44 heavy (non-hydrogen) atoms. The minimum Gasteiger partial charge on any atom is -0.308 e. The Labute approximate surface area is 252 Å². The van der Waals surface area contributed by atoms with Gasteiger partial charge >= 0.3 is 0 Å². The second-order valence-electron chi connectivity index (χ2n) is 10.7. The highest BCUT2D eigenvalue weighted by atomic mass is 15.0. The lowest BCUT2D eigenvalue weighted by Gasteiger charge is -2.18. The van der Waals surface area contributed by atoms with Crippen LogP contribution in [0.25, 0.3) is 66.1 Å². The maximum Gasteiger partial charge on any atom is 0.101 e. The highest BCUT2D eigenvalue weighted by Crippen LogP contribution is 2.40. The van der Waals surface area contributed by atoms with Gasteiger partial charge in [-0.3, -0.25) is 0 Å². The highest BCUT2D eigenvalue weighted by Gasteiger charge is 2.22. The number of hydrogen-bond acceptors (Lipinski definition) is 3. The first-order chi connectivity index (χ1) is 21.7. The number of nitrogens with zero attached hydrogens (tertiary/aromatic N) is 5. The van der Waals surface area contributed by atoms with Gasteiger partial charge in [-0.25, -0.2) is 0 Å². The number of fused-ring (bicyclic) bond motifs is 6. The Kier molecular flexibility index (Phi) is 5.56. The summed E-state index contributed by atoms with van der Waals surface area (Å²) in [6.07, 6.45) is 0. The topological polar surface area (TPSA) is 81.2 Å². The van der Waals surface area contributed by atoms with E-state index < -0.39 is 0 Å². The van der Waals surface area contributed by atoms with Crippen LogP contribution in [0.15, 0.2) is 127 Å². The molecule has 2 aromatic heterocycles. The molecule has 202 valence electrons. The number of aromatic nitrogens is 2. The molecule has 8 rings (SSSR count). The van der Waals surface area contributed by atoms with Gasteiger partial charge in [0, 0.05) is 27.1 Å². The van der Waals surface area contributed by atoms with Gasteiger partial charge < -0.3 is 9.13 Å². The molecule has 0 fully saturated rings. The van der Waals surface area contributed by atoms with Crippen molar-refractivity contribution in [3.63, 3.8) is 0 Å². The molecule has 5 nitrogen and oxygen atoms in total. The van der Waals surface area contributed by atoms with E-state index in [4.69, 9.17) is 0 Å². The average molecular weight is 560 g/mol. The third kappa shape index (κ3) is 3.56. The van der Waals surface area contributed by atoms with Crippen LogP contribution >= 0.6 is 0 Å². The van der Waals surface area contributed by atoms with E-state index in [9.17, 15) is 15.8 Å². The van der Waals surface area contributed by atoms with Gasteiger partial charge in [0.05, 0.1) is 56.2 Å². The molecule has 2 heterocycles. The first-order valence-corrected chi connectivity index (χ1v) is 14.2. The van der Waals surface area contributed by atoms with E-state index in [-0.39, 0.29) is 0 Å². The first-order valence-electron chi connectivity index (χ1n) is 14.2. The summed E-state index contributed by atoms with van der Waals surface area (Å²) in [5, 5.41) is 35.1. The molecule has 0 aliphatic rings. The summed E-state index contributed by atoms with van der Waals surface area (Å²) < 4.78 is 4.25. The zero-order valence-corrected chi connectivity index (χ0v) is 23.4. The Hall–Kier alpha value is -6.61. The van der Waals surface area contributed by atoms with Crippen molar-refractivity contribution in [2.24, 2.45) is 0 Å². The van der Waals surface area contributed by atoms with E-state index in [1.54, 1.807) is 6.07 Å². The number of rotatable bonds is 3. The number of benzene rings is 6. The second kappa shape index (κ2) is 9.74. The molecular formula is C39H21N5. The molecule has 0 bridgehead atoms. The summed E-state index contributed by atoms with van der Waals surface area (Å²) >= 11 is 0. The molecule has 0 aliphatic carbocycles. The molecule has 8 aromatic rings. The van der Waals surface area contributed by atoms with Gasteiger partial charge in [-0.2, -0.15) is 15.8 Å². The van der Waals surface area contributed by atoms with Crippen molar-refractivity contribution in [2.45, 2.75) is 0 Å². The van der Waals surface area contributed by atoms with Crippen molar-refractivity contribution in [2.75, 3.05) is 0 Å². The summed E-state index contributed by atoms with van der Waals surface area (Å²) in [4.78, 5) is 0.